The number of aliphatic hydroxyl groups is 1. The van der Waals surface area contributed by atoms with E-state index in [9.17, 15) is 18.3 Å². The first-order chi connectivity index (χ1) is 15.4. The molecule has 0 aromatic carbocycles. The summed E-state index contributed by atoms with van der Waals surface area (Å²) in [4.78, 5) is 21.3. The quantitative estimate of drug-likeness (QED) is 0.659. The Bertz CT molecular complexity index is 1120. The standard InChI is InChI=1S/C20H25N7O4S/c28-17(15-1-2-18(21-11-15)27-14-22-23-24-27)12-25-7-4-20(5-8-25)6-9-26(19(20)29)16-3-10-32(30,31)13-16/h1-2,11,13-14,17,28H,3-10,12H2/t17-/m0/s1. The number of hydrogen-bond donors (Lipinski definition) is 1. The van der Waals surface area contributed by atoms with Crippen LogP contribution in [0.5, 0.6) is 0 Å². The van der Waals surface area contributed by atoms with Gasteiger partial charge < -0.3 is 14.9 Å². The second kappa shape index (κ2) is 8.01. The van der Waals surface area contributed by atoms with Crippen molar-refractivity contribution in [1.29, 1.82) is 0 Å². The first-order valence-electron chi connectivity index (χ1n) is 10.7. The Morgan fingerprint density at radius 3 is 2.56 bits per heavy atom. The Kier molecular flexibility index (Phi) is 5.30. The van der Waals surface area contributed by atoms with Gasteiger partial charge in [0.2, 0.25) is 5.91 Å². The molecule has 0 bridgehead atoms. The minimum absolute atomic E-state index is 0.0587. The third-order valence-electron chi connectivity index (χ3n) is 6.80. The van der Waals surface area contributed by atoms with E-state index in [1.54, 1.807) is 17.2 Å². The van der Waals surface area contributed by atoms with Crippen LogP contribution < -0.4 is 0 Å². The van der Waals surface area contributed by atoms with Crippen LogP contribution in [-0.4, -0.2) is 86.4 Å². The van der Waals surface area contributed by atoms with Gasteiger partial charge in [0.1, 0.15) is 6.33 Å². The van der Waals surface area contributed by atoms with Crippen LogP contribution in [-0.2, 0) is 14.6 Å². The number of tetrazole rings is 1. The highest BCUT2D eigenvalue weighted by molar-refractivity contribution is 7.94. The zero-order chi connectivity index (χ0) is 22.3. The molecule has 2 aromatic rings. The van der Waals surface area contributed by atoms with Crippen LogP contribution >= 0.6 is 0 Å². The number of aliphatic hydroxyl groups excluding tert-OH is 1. The van der Waals surface area contributed by atoms with E-state index < -0.39 is 21.4 Å². The van der Waals surface area contributed by atoms with E-state index in [1.165, 1.54) is 16.4 Å². The van der Waals surface area contributed by atoms with E-state index >= 15 is 0 Å². The number of amides is 1. The smallest absolute Gasteiger partial charge is 0.233 e. The average molecular weight is 460 g/mol. The molecule has 2 aromatic heterocycles. The van der Waals surface area contributed by atoms with Crippen molar-refractivity contribution in [3.63, 3.8) is 0 Å². The third-order valence-corrected chi connectivity index (χ3v) is 8.21. The molecule has 0 saturated carbocycles. The normalized spacial score (nSPS) is 23.6. The van der Waals surface area contributed by atoms with Crippen molar-refractivity contribution < 1.29 is 18.3 Å². The van der Waals surface area contributed by atoms with E-state index in [4.69, 9.17) is 0 Å². The molecule has 5 heterocycles. The molecule has 1 spiro atoms. The Morgan fingerprint density at radius 1 is 1.16 bits per heavy atom. The van der Waals surface area contributed by atoms with Crippen molar-refractivity contribution in [3.05, 3.63) is 41.3 Å². The number of rotatable bonds is 5. The summed E-state index contributed by atoms with van der Waals surface area (Å²) < 4.78 is 25.0. The molecule has 32 heavy (non-hydrogen) atoms. The minimum Gasteiger partial charge on any atom is -0.387 e. The van der Waals surface area contributed by atoms with E-state index in [-0.39, 0.29) is 11.7 Å². The average Bonchev–Trinajstić information content (AvgIpc) is 3.51. The second-order valence-corrected chi connectivity index (χ2v) is 10.7. The molecular formula is C20H25N7O4S. The number of piperidine rings is 1. The summed E-state index contributed by atoms with van der Waals surface area (Å²) in [6.07, 6.45) is 4.98. The van der Waals surface area contributed by atoms with Crippen molar-refractivity contribution in [2.75, 3.05) is 31.9 Å². The van der Waals surface area contributed by atoms with Gasteiger partial charge in [0.25, 0.3) is 0 Å². The number of sulfone groups is 1. The molecular weight excluding hydrogens is 434 g/mol. The van der Waals surface area contributed by atoms with E-state index in [1.807, 2.05) is 6.07 Å². The Hall–Kier alpha value is -2.70. The monoisotopic (exact) mass is 459 g/mol. The van der Waals surface area contributed by atoms with Crippen LogP contribution in [0.15, 0.2) is 35.8 Å². The maximum Gasteiger partial charge on any atom is 0.233 e. The lowest BCUT2D eigenvalue weighted by Gasteiger charge is -2.38. The number of allylic oxidation sites excluding steroid dienone is 1. The van der Waals surface area contributed by atoms with Gasteiger partial charge in [0.05, 0.1) is 22.7 Å². The summed E-state index contributed by atoms with van der Waals surface area (Å²) in [5.41, 5.74) is 0.936. The molecule has 1 amide bonds. The van der Waals surface area contributed by atoms with Gasteiger partial charge >= 0.3 is 0 Å². The molecule has 170 valence electrons. The van der Waals surface area contributed by atoms with Crippen LogP contribution in [0.2, 0.25) is 0 Å². The highest BCUT2D eigenvalue weighted by atomic mass is 32.2. The lowest BCUT2D eigenvalue weighted by atomic mass is 9.77. The summed E-state index contributed by atoms with van der Waals surface area (Å²) in [7, 11) is -3.17. The fraction of sp³-hybridized carbons (Fsp3) is 0.550. The number of nitrogens with zero attached hydrogens (tertiary/aromatic N) is 7. The number of aromatic nitrogens is 5. The molecule has 0 aliphatic carbocycles. The minimum atomic E-state index is -3.17. The lowest BCUT2D eigenvalue weighted by molar-refractivity contribution is -0.137. The van der Waals surface area contributed by atoms with Gasteiger partial charge in [-0.25, -0.2) is 13.4 Å². The van der Waals surface area contributed by atoms with Crippen molar-refractivity contribution in [2.45, 2.75) is 31.8 Å². The molecule has 3 aliphatic rings. The summed E-state index contributed by atoms with van der Waals surface area (Å²) in [5, 5.41) is 22.9. The zero-order valence-electron chi connectivity index (χ0n) is 17.5. The topological polar surface area (TPSA) is 134 Å². The lowest BCUT2D eigenvalue weighted by Crippen LogP contribution is -2.45. The highest BCUT2D eigenvalue weighted by Gasteiger charge is 2.49. The number of β-amino-alcohol motifs (C(OH)–C–C–N with tert-alkyl or cyclic N) is 1. The molecule has 1 atom stereocenters. The van der Waals surface area contributed by atoms with Crippen LogP contribution in [0.4, 0.5) is 0 Å². The van der Waals surface area contributed by atoms with Crippen molar-refractivity contribution in [3.8, 4) is 5.82 Å². The molecule has 11 nitrogen and oxygen atoms in total. The van der Waals surface area contributed by atoms with Gasteiger partial charge in [-0.3, -0.25) is 4.79 Å². The van der Waals surface area contributed by atoms with Gasteiger partial charge in [0.15, 0.2) is 15.7 Å². The molecule has 12 heteroatoms. The second-order valence-electron chi connectivity index (χ2n) is 8.73. The number of carbonyl (C=O) groups is 1. The van der Waals surface area contributed by atoms with Crippen molar-refractivity contribution in [1.82, 2.24) is 35.0 Å². The molecule has 5 rings (SSSR count). The van der Waals surface area contributed by atoms with Crippen LogP contribution in [0.25, 0.3) is 5.82 Å². The summed E-state index contributed by atoms with van der Waals surface area (Å²) in [6.45, 7) is 2.47. The van der Waals surface area contributed by atoms with Gasteiger partial charge in [-0.1, -0.05) is 6.07 Å². The number of pyridine rings is 1. The van der Waals surface area contributed by atoms with Gasteiger partial charge in [-0.2, -0.15) is 4.68 Å². The van der Waals surface area contributed by atoms with E-state index in [2.05, 4.69) is 25.4 Å². The van der Waals surface area contributed by atoms with Crippen LogP contribution in [0, 0.1) is 5.41 Å². The summed E-state index contributed by atoms with van der Waals surface area (Å²) >= 11 is 0. The van der Waals surface area contributed by atoms with Crippen molar-refractivity contribution >= 4 is 15.7 Å². The Labute approximate surface area is 185 Å². The number of likely N-dealkylation sites (tertiary alicyclic amines) is 2. The van der Waals surface area contributed by atoms with Gasteiger partial charge in [0, 0.05) is 37.0 Å². The van der Waals surface area contributed by atoms with E-state index in [0.29, 0.717) is 62.5 Å². The SMILES string of the molecule is O=C1N(C2=CS(=O)(=O)CC2)CCC12CCN(C[C@H](O)c1ccc(-n3cnnn3)nc1)CC2. The molecule has 2 saturated heterocycles. The molecule has 1 N–H and O–H groups in total. The fourth-order valence-corrected chi connectivity index (χ4v) is 6.11. The zero-order valence-corrected chi connectivity index (χ0v) is 18.4. The van der Waals surface area contributed by atoms with Crippen molar-refractivity contribution in [2.24, 2.45) is 5.41 Å². The van der Waals surface area contributed by atoms with Crippen LogP contribution in [0.3, 0.4) is 0 Å². The number of hydrogen-bond acceptors (Lipinski definition) is 9. The first-order valence-corrected chi connectivity index (χ1v) is 12.4. The summed E-state index contributed by atoms with van der Waals surface area (Å²) in [5.74, 6) is 0.722. The van der Waals surface area contributed by atoms with Gasteiger partial charge in [-0.15, -0.1) is 5.10 Å². The molecule has 0 unspecified atom stereocenters. The maximum atomic E-state index is 13.2. The van der Waals surface area contributed by atoms with E-state index in [0.717, 1.165) is 6.42 Å². The Morgan fingerprint density at radius 2 is 1.94 bits per heavy atom. The first kappa shape index (κ1) is 21.2. The predicted octanol–water partition coefficient (Wildman–Crippen LogP) is 0.0651. The summed E-state index contributed by atoms with van der Waals surface area (Å²) in [6, 6.07) is 3.56. The molecule has 2 fully saturated rings. The van der Waals surface area contributed by atoms with Crippen LogP contribution in [0.1, 0.15) is 37.4 Å². The highest BCUT2D eigenvalue weighted by Crippen LogP contribution is 2.44. The molecule has 0 radical (unpaired) electrons. The van der Waals surface area contributed by atoms with Gasteiger partial charge in [-0.05, 0) is 48.8 Å². The number of carbonyl (C=O) groups excluding carboxylic acids is 1. The fourth-order valence-electron chi connectivity index (χ4n) is 4.84. The third kappa shape index (κ3) is 3.93. The largest absolute Gasteiger partial charge is 0.387 e. The molecule has 3 aliphatic heterocycles. The predicted molar refractivity (Wildman–Crippen MR) is 113 cm³/mol. The maximum absolute atomic E-state index is 13.2. The Balaban J connectivity index is 1.18.